The average molecular weight is 460 g/mol. The van der Waals surface area contributed by atoms with Crippen LogP contribution in [-0.4, -0.2) is 28.2 Å². The number of hydrogen-bond acceptors (Lipinski definition) is 6. The van der Waals surface area contributed by atoms with Gasteiger partial charge in [0.15, 0.2) is 23.3 Å². The minimum atomic E-state index is -0.930. The molecule has 0 saturated heterocycles. The maximum absolute atomic E-state index is 13.8. The van der Waals surface area contributed by atoms with Crippen molar-refractivity contribution in [1.82, 2.24) is 15.2 Å². The van der Waals surface area contributed by atoms with Crippen molar-refractivity contribution in [2.75, 3.05) is 13.0 Å². The number of nitrogens with zero attached hydrogens (tertiary/aromatic N) is 3. The predicted molar refractivity (Wildman–Crippen MR) is 115 cm³/mol. The fraction of sp³-hybridized carbons (Fsp3) is 0.261. The van der Waals surface area contributed by atoms with E-state index in [1.54, 1.807) is 32.4 Å². The van der Waals surface area contributed by atoms with Gasteiger partial charge in [-0.15, -0.1) is 21.8 Å². The van der Waals surface area contributed by atoms with E-state index in [2.05, 4.69) is 15.2 Å². The Morgan fingerprint density at radius 1 is 1.06 bits per heavy atom. The number of methoxy groups -OCH3 is 1. The second-order valence-corrected chi connectivity index (χ2v) is 7.54. The molecule has 4 aromatic rings. The van der Waals surface area contributed by atoms with E-state index in [4.69, 9.17) is 25.2 Å². The number of oxazole rings is 1. The third kappa shape index (κ3) is 4.50. The topological polar surface area (TPSA) is 74.2 Å². The van der Waals surface area contributed by atoms with Crippen molar-refractivity contribution in [3.63, 3.8) is 0 Å². The molecule has 2 aromatic carbocycles. The fourth-order valence-electron chi connectivity index (χ4n) is 3.45. The molecule has 0 aliphatic heterocycles. The van der Waals surface area contributed by atoms with Crippen LogP contribution in [0.3, 0.4) is 0 Å². The molecule has 1 atom stereocenters. The highest BCUT2D eigenvalue weighted by atomic mass is 35.5. The van der Waals surface area contributed by atoms with Crippen molar-refractivity contribution < 1.29 is 22.4 Å². The monoisotopic (exact) mass is 459 g/mol. The Morgan fingerprint density at radius 2 is 1.91 bits per heavy atom. The molecule has 0 fully saturated rings. The first kappa shape index (κ1) is 22.0. The van der Waals surface area contributed by atoms with E-state index in [9.17, 15) is 8.78 Å². The third-order valence-corrected chi connectivity index (χ3v) is 5.31. The van der Waals surface area contributed by atoms with Crippen LogP contribution < -0.4 is 4.74 Å². The molecule has 0 radical (unpaired) electrons. The summed E-state index contributed by atoms with van der Waals surface area (Å²) in [6, 6.07) is 9.13. The van der Waals surface area contributed by atoms with Crippen molar-refractivity contribution in [3.05, 3.63) is 71.6 Å². The maximum atomic E-state index is 13.8. The van der Waals surface area contributed by atoms with Gasteiger partial charge in [0.2, 0.25) is 11.8 Å². The molecule has 6 nitrogen and oxygen atoms in total. The van der Waals surface area contributed by atoms with Crippen LogP contribution in [0.25, 0.3) is 22.8 Å². The molecule has 0 spiro atoms. The first-order valence-corrected chi connectivity index (χ1v) is 10.5. The van der Waals surface area contributed by atoms with E-state index in [0.29, 0.717) is 53.1 Å². The van der Waals surface area contributed by atoms with Crippen molar-refractivity contribution >= 4 is 11.6 Å². The summed E-state index contributed by atoms with van der Waals surface area (Å²) in [6.45, 7) is 1.76. The van der Waals surface area contributed by atoms with Crippen molar-refractivity contribution in [2.45, 2.75) is 25.7 Å². The van der Waals surface area contributed by atoms with Crippen molar-refractivity contribution in [3.8, 4) is 28.5 Å². The van der Waals surface area contributed by atoms with Crippen LogP contribution >= 0.6 is 11.6 Å². The van der Waals surface area contributed by atoms with Crippen LogP contribution in [0, 0.1) is 18.6 Å². The second kappa shape index (κ2) is 9.48. The predicted octanol–water partition coefficient (Wildman–Crippen LogP) is 6.14. The van der Waals surface area contributed by atoms with E-state index >= 15 is 0 Å². The van der Waals surface area contributed by atoms with Gasteiger partial charge >= 0.3 is 0 Å². The molecule has 0 aliphatic rings. The zero-order valence-corrected chi connectivity index (χ0v) is 18.2. The molecule has 0 bridgehead atoms. The summed E-state index contributed by atoms with van der Waals surface area (Å²) >= 11 is 5.85. The van der Waals surface area contributed by atoms with Gasteiger partial charge in [0, 0.05) is 18.4 Å². The molecular weight excluding hydrogens is 440 g/mol. The van der Waals surface area contributed by atoms with E-state index in [1.807, 2.05) is 6.07 Å². The highest BCUT2D eigenvalue weighted by Gasteiger charge is 2.23. The Kier molecular flexibility index (Phi) is 6.50. The van der Waals surface area contributed by atoms with Gasteiger partial charge in [-0.05, 0) is 48.7 Å². The highest BCUT2D eigenvalue weighted by Crippen LogP contribution is 2.36. The SMILES string of the molecule is COc1cc(-c2nnc(C(CCCCl)c3ccc(F)c(F)c3)o2)ccc1-c1cnc(C)o1. The maximum Gasteiger partial charge on any atom is 0.247 e. The van der Waals surface area contributed by atoms with Gasteiger partial charge in [-0.1, -0.05) is 6.07 Å². The number of hydrogen-bond donors (Lipinski definition) is 0. The number of aryl methyl sites for hydroxylation is 1. The lowest BCUT2D eigenvalue weighted by Gasteiger charge is -2.13. The van der Waals surface area contributed by atoms with E-state index < -0.39 is 17.6 Å². The van der Waals surface area contributed by atoms with Gasteiger partial charge < -0.3 is 13.6 Å². The summed E-state index contributed by atoms with van der Waals surface area (Å²) in [4.78, 5) is 4.11. The molecule has 9 heteroatoms. The van der Waals surface area contributed by atoms with E-state index in [-0.39, 0.29) is 5.89 Å². The molecular formula is C23H20ClF2N3O3. The molecule has 4 rings (SSSR count). The van der Waals surface area contributed by atoms with E-state index in [0.717, 1.165) is 17.7 Å². The molecule has 2 heterocycles. The Hall–Kier alpha value is -3.26. The van der Waals surface area contributed by atoms with Gasteiger partial charge in [-0.2, -0.15) is 0 Å². The number of aromatic nitrogens is 3. The minimum Gasteiger partial charge on any atom is -0.496 e. The second-order valence-electron chi connectivity index (χ2n) is 7.16. The zero-order valence-electron chi connectivity index (χ0n) is 17.4. The van der Waals surface area contributed by atoms with Gasteiger partial charge in [-0.25, -0.2) is 13.8 Å². The standard InChI is InChI=1S/C23H20ClF2N3O3/c1-13-27-12-21(31-13)17-7-5-15(11-20(17)30-2)22-28-29-23(32-22)16(4-3-9-24)14-6-8-18(25)19(26)10-14/h5-8,10-12,16H,3-4,9H2,1-2H3. The van der Waals surface area contributed by atoms with E-state index in [1.165, 1.54) is 6.07 Å². The molecule has 0 N–H and O–H groups in total. The fourth-order valence-corrected chi connectivity index (χ4v) is 3.60. The Bertz CT molecular complexity index is 1220. The van der Waals surface area contributed by atoms with Gasteiger partial charge in [0.05, 0.1) is 24.8 Å². The molecule has 2 aromatic heterocycles. The van der Waals surface area contributed by atoms with Crippen LogP contribution in [0.2, 0.25) is 0 Å². The number of halogens is 3. The first-order chi connectivity index (χ1) is 15.5. The lowest BCUT2D eigenvalue weighted by Crippen LogP contribution is -2.04. The number of benzene rings is 2. The lowest BCUT2D eigenvalue weighted by atomic mass is 9.94. The molecule has 166 valence electrons. The number of alkyl halides is 1. The molecule has 1 unspecified atom stereocenters. The Labute approximate surface area is 188 Å². The minimum absolute atomic E-state index is 0.275. The van der Waals surface area contributed by atoms with Crippen LogP contribution in [0.4, 0.5) is 8.78 Å². The summed E-state index contributed by atoms with van der Waals surface area (Å²) in [5.41, 5.74) is 1.91. The van der Waals surface area contributed by atoms with Crippen LogP contribution in [0.1, 0.15) is 36.1 Å². The summed E-state index contributed by atoms with van der Waals surface area (Å²) in [6.07, 6.45) is 2.81. The van der Waals surface area contributed by atoms with Gasteiger partial charge in [0.1, 0.15) is 5.75 Å². The first-order valence-electron chi connectivity index (χ1n) is 9.95. The van der Waals surface area contributed by atoms with Crippen molar-refractivity contribution in [1.29, 1.82) is 0 Å². The quantitative estimate of drug-likeness (QED) is 0.295. The molecule has 0 aliphatic carbocycles. The molecule has 0 saturated carbocycles. The Balaban J connectivity index is 1.67. The number of rotatable bonds is 8. The number of ether oxygens (including phenoxy) is 1. The summed E-state index contributed by atoms with van der Waals surface area (Å²) in [7, 11) is 1.55. The Morgan fingerprint density at radius 3 is 2.59 bits per heavy atom. The average Bonchev–Trinajstić information content (AvgIpc) is 3.45. The summed E-state index contributed by atoms with van der Waals surface area (Å²) in [5.74, 6) is 0.417. The molecule has 0 amide bonds. The van der Waals surface area contributed by atoms with Crippen LogP contribution in [0.15, 0.2) is 51.4 Å². The van der Waals surface area contributed by atoms with Crippen LogP contribution in [0.5, 0.6) is 5.75 Å². The van der Waals surface area contributed by atoms with Gasteiger partial charge in [-0.3, -0.25) is 0 Å². The summed E-state index contributed by atoms with van der Waals surface area (Å²) < 4.78 is 44.2. The molecule has 32 heavy (non-hydrogen) atoms. The van der Waals surface area contributed by atoms with Gasteiger partial charge in [0.25, 0.3) is 0 Å². The van der Waals surface area contributed by atoms with Crippen LogP contribution in [-0.2, 0) is 0 Å². The normalized spacial score (nSPS) is 12.2. The largest absolute Gasteiger partial charge is 0.496 e. The zero-order chi connectivity index (χ0) is 22.7. The smallest absolute Gasteiger partial charge is 0.247 e. The third-order valence-electron chi connectivity index (χ3n) is 5.05. The highest BCUT2D eigenvalue weighted by molar-refractivity contribution is 6.17. The van der Waals surface area contributed by atoms with Crippen molar-refractivity contribution in [2.24, 2.45) is 0 Å². The lowest BCUT2D eigenvalue weighted by molar-refractivity contribution is 0.414. The summed E-state index contributed by atoms with van der Waals surface area (Å²) in [5, 5.41) is 8.32.